The predicted molar refractivity (Wildman–Crippen MR) is 109 cm³/mol. The SMILES string of the molecule is O=C(O)Cc1cn([C@@H]2OC[C@H](O)[C@H](O)[C@@H]2O[C@@H]2O[C@H](CO)[C@@H](O)[C@H](O)[C@H]2O)c2ccccc12. The molecule has 0 bridgehead atoms. The van der Waals surface area contributed by atoms with E-state index >= 15 is 0 Å². The summed E-state index contributed by atoms with van der Waals surface area (Å²) in [5, 5.41) is 70.5. The molecule has 2 saturated heterocycles. The van der Waals surface area contributed by atoms with Crippen molar-refractivity contribution in [1.82, 2.24) is 4.57 Å². The lowest BCUT2D eigenvalue weighted by atomic mass is 9.98. The van der Waals surface area contributed by atoms with Crippen molar-refractivity contribution < 1.29 is 54.8 Å². The zero-order valence-corrected chi connectivity index (χ0v) is 17.4. The number of ether oxygens (including phenoxy) is 3. The van der Waals surface area contributed by atoms with E-state index in [-0.39, 0.29) is 13.0 Å². The van der Waals surface area contributed by atoms with Crippen LogP contribution in [0.25, 0.3) is 10.9 Å². The van der Waals surface area contributed by atoms with Gasteiger partial charge in [0.1, 0.15) is 42.7 Å². The standard InChI is InChI=1S/C21H27NO11/c23-7-13-16(28)17(29)18(30)21(32-13)33-19-15(27)12(24)8-31-20(19)22-6-9(5-14(25)26)10-3-1-2-4-11(10)22/h1-4,6,12-13,15-21,23-24,27-30H,5,7-8H2,(H,25,26)/t12-,13+,15-,16+,17-,18+,19-,20+,21-/m0/s1. The number of aliphatic hydroxyl groups is 6. The van der Waals surface area contributed by atoms with Gasteiger partial charge < -0.3 is 54.5 Å². The number of para-hydroxylation sites is 1. The molecule has 0 saturated carbocycles. The van der Waals surface area contributed by atoms with Gasteiger partial charge in [-0.3, -0.25) is 4.79 Å². The summed E-state index contributed by atoms with van der Waals surface area (Å²) < 4.78 is 18.4. The van der Waals surface area contributed by atoms with E-state index in [1.165, 1.54) is 0 Å². The number of carboxylic acid groups (broad SMARTS) is 1. The first kappa shape index (κ1) is 24.0. The first-order chi connectivity index (χ1) is 15.7. The number of hydrogen-bond acceptors (Lipinski definition) is 10. The molecule has 9 atom stereocenters. The molecule has 182 valence electrons. The molecule has 1 aromatic heterocycles. The first-order valence-corrected chi connectivity index (χ1v) is 10.5. The highest BCUT2D eigenvalue weighted by Crippen LogP contribution is 2.35. The lowest BCUT2D eigenvalue weighted by Gasteiger charge is -2.44. The van der Waals surface area contributed by atoms with Gasteiger partial charge in [0.05, 0.1) is 25.2 Å². The molecular formula is C21H27NO11. The third-order valence-electron chi connectivity index (χ3n) is 6.03. The van der Waals surface area contributed by atoms with Crippen LogP contribution in [0.1, 0.15) is 11.8 Å². The van der Waals surface area contributed by atoms with Crippen LogP contribution in [-0.2, 0) is 25.4 Å². The molecule has 7 N–H and O–H groups in total. The highest BCUT2D eigenvalue weighted by atomic mass is 16.7. The van der Waals surface area contributed by atoms with E-state index in [2.05, 4.69) is 0 Å². The Kier molecular flexibility index (Phi) is 7.00. The minimum Gasteiger partial charge on any atom is -0.481 e. The van der Waals surface area contributed by atoms with Crippen LogP contribution in [-0.4, -0.2) is 109 Å². The monoisotopic (exact) mass is 469 g/mol. The van der Waals surface area contributed by atoms with Crippen molar-refractivity contribution >= 4 is 16.9 Å². The second kappa shape index (κ2) is 9.62. The Morgan fingerprint density at radius 2 is 1.79 bits per heavy atom. The van der Waals surface area contributed by atoms with E-state index in [4.69, 9.17) is 14.2 Å². The van der Waals surface area contributed by atoms with Crippen LogP contribution in [0.4, 0.5) is 0 Å². The third-order valence-corrected chi connectivity index (χ3v) is 6.03. The number of aromatic nitrogens is 1. The van der Waals surface area contributed by atoms with Crippen LogP contribution in [0.3, 0.4) is 0 Å². The van der Waals surface area contributed by atoms with Crippen molar-refractivity contribution in [3.05, 3.63) is 36.0 Å². The van der Waals surface area contributed by atoms with Crippen LogP contribution in [0.15, 0.2) is 30.5 Å². The average Bonchev–Trinajstić information content (AvgIpc) is 3.14. The number of rotatable bonds is 6. The van der Waals surface area contributed by atoms with Crippen LogP contribution in [0.2, 0.25) is 0 Å². The van der Waals surface area contributed by atoms with Crippen molar-refractivity contribution in [2.75, 3.05) is 13.2 Å². The Morgan fingerprint density at radius 3 is 2.48 bits per heavy atom. The van der Waals surface area contributed by atoms with E-state index < -0.39 is 67.8 Å². The molecule has 4 rings (SSSR count). The summed E-state index contributed by atoms with van der Waals surface area (Å²) in [6.07, 6.45) is -11.8. The molecule has 2 fully saturated rings. The Labute approximate surface area is 187 Å². The molecule has 0 radical (unpaired) electrons. The van der Waals surface area contributed by atoms with Crippen molar-refractivity contribution in [2.45, 2.75) is 61.7 Å². The van der Waals surface area contributed by atoms with Gasteiger partial charge in [-0.15, -0.1) is 0 Å². The van der Waals surface area contributed by atoms with Crippen LogP contribution >= 0.6 is 0 Å². The summed E-state index contributed by atoms with van der Waals surface area (Å²) in [5.74, 6) is -1.04. The minimum absolute atomic E-state index is 0.249. The molecule has 2 aromatic rings. The second-order valence-corrected chi connectivity index (χ2v) is 8.23. The maximum absolute atomic E-state index is 11.3. The summed E-state index contributed by atoms with van der Waals surface area (Å²) in [4.78, 5) is 11.3. The number of nitrogens with zero attached hydrogens (tertiary/aromatic N) is 1. The van der Waals surface area contributed by atoms with Gasteiger partial charge in [0.25, 0.3) is 0 Å². The fourth-order valence-electron chi connectivity index (χ4n) is 4.29. The molecule has 0 aliphatic carbocycles. The number of benzene rings is 1. The van der Waals surface area contributed by atoms with Gasteiger partial charge >= 0.3 is 5.97 Å². The predicted octanol–water partition coefficient (Wildman–Crippen LogP) is -2.30. The largest absolute Gasteiger partial charge is 0.481 e. The van der Waals surface area contributed by atoms with E-state index in [9.17, 15) is 40.5 Å². The van der Waals surface area contributed by atoms with Gasteiger partial charge in [0, 0.05) is 11.6 Å². The topological polar surface area (TPSA) is 191 Å². The van der Waals surface area contributed by atoms with E-state index in [1.54, 1.807) is 35.0 Å². The average molecular weight is 469 g/mol. The Bertz CT molecular complexity index is 978. The van der Waals surface area contributed by atoms with Crippen molar-refractivity contribution in [3.8, 4) is 0 Å². The quantitative estimate of drug-likeness (QED) is 0.241. The fourth-order valence-corrected chi connectivity index (χ4v) is 4.29. The van der Waals surface area contributed by atoms with E-state index in [0.29, 0.717) is 16.5 Å². The van der Waals surface area contributed by atoms with Crippen molar-refractivity contribution in [2.24, 2.45) is 0 Å². The number of fused-ring (bicyclic) bond motifs is 1. The van der Waals surface area contributed by atoms with Gasteiger partial charge in [0.15, 0.2) is 12.5 Å². The van der Waals surface area contributed by atoms with Gasteiger partial charge in [-0.05, 0) is 11.6 Å². The maximum atomic E-state index is 11.3. The Balaban J connectivity index is 1.69. The summed E-state index contributed by atoms with van der Waals surface area (Å²) in [6.45, 7) is -0.914. The van der Waals surface area contributed by atoms with Crippen molar-refractivity contribution in [1.29, 1.82) is 0 Å². The van der Waals surface area contributed by atoms with Gasteiger partial charge in [0.2, 0.25) is 0 Å². The molecular weight excluding hydrogens is 442 g/mol. The highest BCUT2D eigenvalue weighted by Gasteiger charge is 2.49. The Morgan fingerprint density at radius 1 is 1.06 bits per heavy atom. The van der Waals surface area contributed by atoms with Gasteiger partial charge in [-0.25, -0.2) is 0 Å². The van der Waals surface area contributed by atoms with E-state index in [0.717, 1.165) is 0 Å². The Hall–Kier alpha value is -2.13. The smallest absolute Gasteiger partial charge is 0.307 e. The van der Waals surface area contributed by atoms with E-state index in [1.807, 2.05) is 0 Å². The maximum Gasteiger partial charge on any atom is 0.307 e. The third kappa shape index (κ3) is 4.49. The molecule has 2 aliphatic heterocycles. The zero-order chi connectivity index (χ0) is 23.9. The molecule has 0 unspecified atom stereocenters. The highest BCUT2D eigenvalue weighted by molar-refractivity contribution is 5.87. The number of aliphatic carboxylic acids is 1. The minimum atomic E-state index is -1.72. The molecule has 0 amide bonds. The first-order valence-electron chi connectivity index (χ1n) is 10.5. The lowest BCUT2D eigenvalue weighted by Crippen LogP contribution is -2.62. The summed E-state index contributed by atoms with van der Waals surface area (Å²) >= 11 is 0. The zero-order valence-electron chi connectivity index (χ0n) is 17.4. The number of aliphatic hydroxyl groups excluding tert-OH is 6. The van der Waals surface area contributed by atoms with Crippen LogP contribution < -0.4 is 0 Å². The molecule has 33 heavy (non-hydrogen) atoms. The summed E-state index contributed by atoms with van der Waals surface area (Å²) in [5.41, 5.74) is 1.08. The van der Waals surface area contributed by atoms with Crippen LogP contribution in [0, 0.1) is 0 Å². The molecule has 3 heterocycles. The normalized spacial score (nSPS) is 37.3. The second-order valence-electron chi connectivity index (χ2n) is 8.23. The molecule has 2 aliphatic rings. The number of carbonyl (C=O) groups is 1. The van der Waals surface area contributed by atoms with Gasteiger partial charge in [-0.1, -0.05) is 18.2 Å². The molecule has 12 heteroatoms. The number of hydrogen-bond donors (Lipinski definition) is 7. The van der Waals surface area contributed by atoms with Gasteiger partial charge in [-0.2, -0.15) is 0 Å². The lowest BCUT2D eigenvalue weighted by molar-refractivity contribution is -0.341. The van der Waals surface area contributed by atoms with Crippen LogP contribution in [0.5, 0.6) is 0 Å². The fraction of sp³-hybridized carbons (Fsp3) is 0.571. The van der Waals surface area contributed by atoms with Crippen molar-refractivity contribution in [3.63, 3.8) is 0 Å². The summed E-state index contributed by atoms with van der Waals surface area (Å²) in [7, 11) is 0. The summed E-state index contributed by atoms with van der Waals surface area (Å²) in [6, 6.07) is 6.96. The molecule has 1 aromatic carbocycles. The molecule has 12 nitrogen and oxygen atoms in total. The number of carboxylic acids is 1. The molecule has 0 spiro atoms.